The number of carbonyl (C=O) groups excluding carboxylic acids is 1. The van der Waals surface area contributed by atoms with E-state index in [1.54, 1.807) is 32.4 Å². The summed E-state index contributed by atoms with van der Waals surface area (Å²) in [5.41, 5.74) is 1.94. The number of nitrogens with one attached hydrogen (secondary N) is 2. The van der Waals surface area contributed by atoms with Gasteiger partial charge in [0.25, 0.3) is 0 Å². The average molecular weight is 385 g/mol. The number of benzene rings is 2. The molecule has 5 nitrogen and oxygen atoms in total. The molecule has 0 saturated heterocycles. The van der Waals surface area contributed by atoms with Gasteiger partial charge in [-0.15, -0.1) is 0 Å². The molecule has 1 unspecified atom stereocenters. The zero-order valence-corrected chi connectivity index (χ0v) is 16.5. The molecule has 27 heavy (non-hydrogen) atoms. The molecule has 0 radical (unpaired) electrons. The van der Waals surface area contributed by atoms with Gasteiger partial charge in [-0.3, -0.25) is 10.1 Å². The predicted molar refractivity (Wildman–Crippen MR) is 112 cm³/mol. The highest BCUT2D eigenvalue weighted by Gasteiger charge is 2.11. The SMILES string of the molecule is CCC(NC(=S)NC(=O)/C=C/c1ccc(OC)c(OC)c1)c1ccccc1. The van der Waals surface area contributed by atoms with Crippen LogP contribution >= 0.6 is 12.2 Å². The highest BCUT2D eigenvalue weighted by atomic mass is 32.1. The topological polar surface area (TPSA) is 59.6 Å². The average Bonchev–Trinajstić information content (AvgIpc) is 2.70. The van der Waals surface area contributed by atoms with Crippen molar-refractivity contribution in [3.63, 3.8) is 0 Å². The Labute approximate surface area is 165 Å². The molecule has 1 atom stereocenters. The van der Waals surface area contributed by atoms with E-state index in [-0.39, 0.29) is 11.9 Å². The molecule has 0 fully saturated rings. The monoisotopic (exact) mass is 384 g/mol. The van der Waals surface area contributed by atoms with Crippen LogP contribution in [0.4, 0.5) is 0 Å². The normalized spacial score (nSPS) is 11.7. The van der Waals surface area contributed by atoms with Crippen molar-refractivity contribution in [2.45, 2.75) is 19.4 Å². The Morgan fingerprint density at radius 2 is 1.81 bits per heavy atom. The van der Waals surface area contributed by atoms with E-state index in [4.69, 9.17) is 21.7 Å². The first-order valence-corrected chi connectivity index (χ1v) is 9.04. The van der Waals surface area contributed by atoms with Gasteiger partial charge >= 0.3 is 0 Å². The number of amides is 1. The van der Waals surface area contributed by atoms with E-state index in [9.17, 15) is 4.79 Å². The molecule has 2 aromatic rings. The molecule has 2 rings (SSSR count). The minimum atomic E-state index is -0.301. The maximum absolute atomic E-state index is 12.1. The van der Waals surface area contributed by atoms with Crippen molar-refractivity contribution in [3.8, 4) is 11.5 Å². The molecule has 0 saturated carbocycles. The number of thiocarbonyl (C=S) groups is 1. The van der Waals surface area contributed by atoms with Crippen molar-refractivity contribution in [2.24, 2.45) is 0 Å². The van der Waals surface area contributed by atoms with Crippen molar-refractivity contribution >= 4 is 29.3 Å². The van der Waals surface area contributed by atoms with Crippen LogP contribution in [0.1, 0.15) is 30.5 Å². The van der Waals surface area contributed by atoms with E-state index >= 15 is 0 Å². The molecule has 142 valence electrons. The third-order valence-corrected chi connectivity index (χ3v) is 4.21. The maximum Gasteiger partial charge on any atom is 0.250 e. The van der Waals surface area contributed by atoms with Gasteiger partial charge in [-0.1, -0.05) is 43.3 Å². The third-order valence-electron chi connectivity index (χ3n) is 3.99. The van der Waals surface area contributed by atoms with Crippen LogP contribution in [-0.4, -0.2) is 25.2 Å². The minimum absolute atomic E-state index is 0.0498. The van der Waals surface area contributed by atoms with Gasteiger partial charge in [-0.2, -0.15) is 0 Å². The number of hydrogen-bond acceptors (Lipinski definition) is 4. The van der Waals surface area contributed by atoms with Gasteiger partial charge in [0.15, 0.2) is 16.6 Å². The lowest BCUT2D eigenvalue weighted by molar-refractivity contribution is -0.115. The molecule has 6 heteroatoms. The molecule has 2 aromatic carbocycles. The summed E-state index contributed by atoms with van der Waals surface area (Å²) in [6.07, 6.45) is 3.97. The molecule has 0 aliphatic carbocycles. The molecular formula is C21H24N2O3S. The Bertz CT molecular complexity index is 806. The van der Waals surface area contributed by atoms with Crippen molar-refractivity contribution in [1.82, 2.24) is 10.6 Å². The molecule has 0 heterocycles. The number of hydrogen-bond donors (Lipinski definition) is 2. The largest absolute Gasteiger partial charge is 0.493 e. The molecular weight excluding hydrogens is 360 g/mol. The molecule has 0 aliphatic heterocycles. The summed E-state index contributed by atoms with van der Waals surface area (Å²) in [6, 6.07) is 15.5. The number of rotatable bonds is 7. The Hall–Kier alpha value is -2.86. The van der Waals surface area contributed by atoms with Crippen LogP contribution in [-0.2, 0) is 4.79 Å². The van der Waals surface area contributed by atoms with Crippen LogP contribution in [0.5, 0.6) is 11.5 Å². The van der Waals surface area contributed by atoms with Crippen molar-refractivity contribution in [2.75, 3.05) is 14.2 Å². The number of carbonyl (C=O) groups is 1. The lowest BCUT2D eigenvalue weighted by Gasteiger charge is -2.19. The van der Waals surface area contributed by atoms with E-state index in [1.807, 2.05) is 36.4 Å². The lowest BCUT2D eigenvalue weighted by Crippen LogP contribution is -2.40. The van der Waals surface area contributed by atoms with Gasteiger partial charge in [0.1, 0.15) is 0 Å². The summed E-state index contributed by atoms with van der Waals surface area (Å²) >= 11 is 5.26. The molecule has 0 aliphatic rings. The number of methoxy groups -OCH3 is 2. The lowest BCUT2D eigenvalue weighted by atomic mass is 10.1. The fraction of sp³-hybridized carbons (Fsp3) is 0.238. The fourth-order valence-electron chi connectivity index (χ4n) is 2.58. The Kier molecular flexibility index (Phi) is 7.82. The van der Waals surface area contributed by atoms with Crippen LogP contribution in [0.15, 0.2) is 54.6 Å². The summed E-state index contributed by atoms with van der Waals surface area (Å²) in [7, 11) is 3.15. The third kappa shape index (κ3) is 6.11. The van der Waals surface area contributed by atoms with Crippen LogP contribution in [0.2, 0.25) is 0 Å². The Morgan fingerprint density at radius 3 is 2.44 bits per heavy atom. The van der Waals surface area contributed by atoms with Gasteiger partial charge < -0.3 is 14.8 Å². The van der Waals surface area contributed by atoms with Crippen LogP contribution in [0.25, 0.3) is 6.08 Å². The van der Waals surface area contributed by atoms with Gasteiger partial charge in [0.2, 0.25) is 5.91 Å². The first kappa shape index (κ1) is 20.5. The quantitative estimate of drug-likeness (QED) is 0.561. The Morgan fingerprint density at radius 1 is 1.11 bits per heavy atom. The summed E-state index contributed by atoms with van der Waals surface area (Å²) < 4.78 is 10.5. The van der Waals surface area contributed by atoms with Crippen LogP contribution in [0, 0.1) is 0 Å². The van der Waals surface area contributed by atoms with E-state index in [0.29, 0.717) is 16.6 Å². The summed E-state index contributed by atoms with van der Waals surface area (Å²) in [5.74, 6) is 0.937. The highest BCUT2D eigenvalue weighted by Crippen LogP contribution is 2.27. The van der Waals surface area contributed by atoms with E-state index in [1.165, 1.54) is 6.08 Å². The van der Waals surface area contributed by atoms with Gasteiger partial charge in [-0.25, -0.2) is 0 Å². The zero-order chi connectivity index (χ0) is 19.6. The first-order chi connectivity index (χ1) is 13.1. The predicted octanol–water partition coefficient (Wildman–Crippen LogP) is 3.86. The van der Waals surface area contributed by atoms with E-state index in [0.717, 1.165) is 17.5 Å². The van der Waals surface area contributed by atoms with Crippen LogP contribution in [0.3, 0.4) is 0 Å². The van der Waals surface area contributed by atoms with Gasteiger partial charge in [0, 0.05) is 6.08 Å². The van der Waals surface area contributed by atoms with Gasteiger partial charge in [0.05, 0.1) is 20.3 Å². The standard InChI is InChI=1S/C21H24N2O3S/c1-4-17(16-8-6-5-7-9-16)22-21(27)23-20(24)13-11-15-10-12-18(25-2)19(14-15)26-3/h5-14,17H,4H2,1-3H3,(H2,22,23,24,27)/b13-11+. The smallest absolute Gasteiger partial charge is 0.250 e. The van der Waals surface area contributed by atoms with E-state index < -0.39 is 0 Å². The molecule has 2 N–H and O–H groups in total. The second kappa shape index (κ2) is 10.3. The summed E-state index contributed by atoms with van der Waals surface area (Å²) in [5, 5.41) is 6.15. The zero-order valence-electron chi connectivity index (χ0n) is 15.7. The van der Waals surface area contributed by atoms with Crippen molar-refractivity contribution in [1.29, 1.82) is 0 Å². The van der Waals surface area contributed by atoms with Crippen molar-refractivity contribution in [3.05, 3.63) is 65.7 Å². The fourth-order valence-corrected chi connectivity index (χ4v) is 2.83. The molecule has 0 bridgehead atoms. The second-order valence-electron chi connectivity index (χ2n) is 5.78. The maximum atomic E-state index is 12.1. The van der Waals surface area contributed by atoms with Crippen LogP contribution < -0.4 is 20.1 Å². The molecule has 0 spiro atoms. The minimum Gasteiger partial charge on any atom is -0.493 e. The van der Waals surface area contributed by atoms with Gasteiger partial charge in [-0.05, 0) is 48.0 Å². The molecule has 1 amide bonds. The van der Waals surface area contributed by atoms with E-state index in [2.05, 4.69) is 17.6 Å². The Balaban J connectivity index is 1.94. The first-order valence-electron chi connectivity index (χ1n) is 8.64. The summed E-state index contributed by atoms with van der Waals surface area (Å²) in [6.45, 7) is 2.06. The second-order valence-corrected chi connectivity index (χ2v) is 6.19. The highest BCUT2D eigenvalue weighted by molar-refractivity contribution is 7.80. The molecule has 0 aromatic heterocycles. The number of ether oxygens (including phenoxy) is 2. The van der Waals surface area contributed by atoms with Crippen molar-refractivity contribution < 1.29 is 14.3 Å². The summed E-state index contributed by atoms with van der Waals surface area (Å²) in [4.78, 5) is 12.1.